The summed E-state index contributed by atoms with van der Waals surface area (Å²) < 4.78 is 0. The molecule has 0 bridgehead atoms. The van der Waals surface area contributed by atoms with Crippen LogP contribution in [0.15, 0.2) is 17.1 Å². The SMILES string of the molecule is CC1=NCCc2c(C)cc(C)cc21. The molecule has 13 heavy (non-hydrogen) atoms. The highest BCUT2D eigenvalue weighted by Crippen LogP contribution is 2.21. The molecule has 1 aliphatic heterocycles. The maximum atomic E-state index is 4.47. The lowest BCUT2D eigenvalue weighted by Gasteiger charge is -2.17. The number of hydrogen-bond donors (Lipinski definition) is 0. The molecule has 0 atom stereocenters. The van der Waals surface area contributed by atoms with Crippen molar-refractivity contribution in [1.29, 1.82) is 0 Å². The van der Waals surface area contributed by atoms with Crippen LogP contribution < -0.4 is 0 Å². The van der Waals surface area contributed by atoms with Crippen LogP contribution in [0, 0.1) is 13.8 Å². The van der Waals surface area contributed by atoms with Gasteiger partial charge in [0.2, 0.25) is 0 Å². The van der Waals surface area contributed by atoms with Crippen LogP contribution in [0.1, 0.15) is 29.2 Å². The van der Waals surface area contributed by atoms with Gasteiger partial charge in [0.15, 0.2) is 0 Å². The van der Waals surface area contributed by atoms with Crippen molar-refractivity contribution in [3.05, 3.63) is 34.4 Å². The predicted molar refractivity (Wildman–Crippen MR) is 56.7 cm³/mol. The monoisotopic (exact) mass is 173 g/mol. The van der Waals surface area contributed by atoms with E-state index in [0.717, 1.165) is 13.0 Å². The van der Waals surface area contributed by atoms with E-state index >= 15 is 0 Å². The summed E-state index contributed by atoms with van der Waals surface area (Å²) in [5.41, 5.74) is 6.83. The Morgan fingerprint density at radius 3 is 2.69 bits per heavy atom. The molecule has 2 rings (SSSR count). The van der Waals surface area contributed by atoms with E-state index in [9.17, 15) is 0 Å². The largest absolute Gasteiger partial charge is 0.289 e. The Morgan fingerprint density at radius 1 is 1.15 bits per heavy atom. The maximum Gasteiger partial charge on any atom is 0.0433 e. The molecule has 1 aromatic rings. The fraction of sp³-hybridized carbons (Fsp3) is 0.417. The molecule has 0 aliphatic carbocycles. The fourth-order valence-corrected chi connectivity index (χ4v) is 2.07. The second-order valence-electron chi connectivity index (χ2n) is 3.83. The van der Waals surface area contributed by atoms with Gasteiger partial charge in [-0.1, -0.05) is 11.6 Å². The predicted octanol–water partition coefficient (Wildman–Crippen LogP) is 2.67. The second-order valence-corrected chi connectivity index (χ2v) is 3.83. The zero-order chi connectivity index (χ0) is 9.42. The van der Waals surface area contributed by atoms with E-state index in [-0.39, 0.29) is 0 Å². The Labute approximate surface area is 79.5 Å². The third kappa shape index (κ3) is 1.39. The molecular weight excluding hydrogens is 158 g/mol. The number of hydrogen-bond acceptors (Lipinski definition) is 1. The minimum absolute atomic E-state index is 0.961. The van der Waals surface area contributed by atoms with Gasteiger partial charge in [-0.2, -0.15) is 0 Å². The molecule has 1 aromatic carbocycles. The molecule has 0 aromatic heterocycles. The number of aliphatic imine (C=N–C) groups is 1. The van der Waals surface area contributed by atoms with Crippen LogP contribution in [0.4, 0.5) is 0 Å². The van der Waals surface area contributed by atoms with Crippen molar-refractivity contribution in [1.82, 2.24) is 0 Å². The van der Waals surface area contributed by atoms with Crippen LogP contribution in [0.25, 0.3) is 0 Å². The van der Waals surface area contributed by atoms with Crippen LogP contribution in [-0.4, -0.2) is 12.3 Å². The Hall–Kier alpha value is -1.11. The zero-order valence-corrected chi connectivity index (χ0v) is 8.52. The summed E-state index contributed by atoms with van der Waals surface area (Å²) in [5, 5.41) is 0. The fourth-order valence-electron chi connectivity index (χ4n) is 2.07. The lowest BCUT2D eigenvalue weighted by atomic mass is 9.92. The van der Waals surface area contributed by atoms with E-state index in [2.05, 4.69) is 37.9 Å². The molecule has 0 fully saturated rings. The van der Waals surface area contributed by atoms with Crippen LogP contribution in [-0.2, 0) is 6.42 Å². The van der Waals surface area contributed by atoms with Gasteiger partial charge in [0, 0.05) is 12.3 Å². The molecular formula is C12H15N. The average molecular weight is 173 g/mol. The molecule has 0 N–H and O–H groups in total. The molecule has 1 heteroatoms. The Kier molecular flexibility index (Phi) is 1.95. The first kappa shape index (κ1) is 8.49. The van der Waals surface area contributed by atoms with Gasteiger partial charge in [0.05, 0.1) is 0 Å². The molecule has 0 saturated heterocycles. The molecule has 0 unspecified atom stereocenters. The molecule has 0 saturated carbocycles. The normalized spacial score (nSPS) is 15.2. The van der Waals surface area contributed by atoms with Crippen molar-refractivity contribution in [3.8, 4) is 0 Å². The van der Waals surface area contributed by atoms with Gasteiger partial charge in [0.25, 0.3) is 0 Å². The topological polar surface area (TPSA) is 12.4 Å². The minimum Gasteiger partial charge on any atom is -0.289 e. The first-order valence-corrected chi connectivity index (χ1v) is 4.80. The van der Waals surface area contributed by atoms with Crippen molar-refractivity contribution in [3.63, 3.8) is 0 Å². The number of benzene rings is 1. The number of nitrogens with zero attached hydrogens (tertiary/aromatic N) is 1. The van der Waals surface area contributed by atoms with Gasteiger partial charge in [0.1, 0.15) is 0 Å². The minimum atomic E-state index is 0.961. The van der Waals surface area contributed by atoms with Crippen molar-refractivity contribution in [2.75, 3.05) is 6.54 Å². The van der Waals surface area contributed by atoms with Crippen molar-refractivity contribution < 1.29 is 0 Å². The van der Waals surface area contributed by atoms with E-state index in [4.69, 9.17) is 0 Å². The highest BCUT2D eigenvalue weighted by atomic mass is 14.7. The average Bonchev–Trinajstić information content (AvgIpc) is 2.07. The number of rotatable bonds is 0. The lowest BCUT2D eigenvalue weighted by molar-refractivity contribution is 0.929. The van der Waals surface area contributed by atoms with Crippen molar-refractivity contribution >= 4 is 5.71 Å². The number of fused-ring (bicyclic) bond motifs is 1. The van der Waals surface area contributed by atoms with E-state index in [1.165, 1.54) is 28.0 Å². The van der Waals surface area contributed by atoms with Crippen molar-refractivity contribution in [2.45, 2.75) is 27.2 Å². The zero-order valence-electron chi connectivity index (χ0n) is 8.52. The summed E-state index contributed by atoms with van der Waals surface area (Å²) in [4.78, 5) is 4.47. The summed E-state index contributed by atoms with van der Waals surface area (Å²) in [6.45, 7) is 7.42. The van der Waals surface area contributed by atoms with Gasteiger partial charge >= 0.3 is 0 Å². The van der Waals surface area contributed by atoms with Gasteiger partial charge < -0.3 is 0 Å². The van der Waals surface area contributed by atoms with E-state index in [1.807, 2.05) is 0 Å². The Morgan fingerprint density at radius 2 is 1.92 bits per heavy atom. The third-order valence-corrected chi connectivity index (χ3v) is 2.72. The molecule has 0 spiro atoms. The van der Waals surface area contributed by atoms with Gasteiger partial charge in [-0.3, -0.25) is 4.99 Å². The molecule has 1 heterocycles. The molecule has 68 valence electrons. The smallest absolute Gasteiger partial charge is 0.0433 e. The summed E-state index contributed by atoms with van der Waals surface area (Å²) in [7, 11) is 0. The third-order valence-electron chi connectivity index (χ3n) is 2.72. The van der Waals surface area contributed by atoms with Crippen LogP contribution >= 0.6 is 0 Å². The summed E-state index contributed by atoms with van der Waals surface area (Å²) >= 11 is 0. The number of aryl methyl sites for hydroxylation is 2. The van der Waals surface area contributed by atoms with Gasteiger partial charge in [-0.25, -0.2) is 0 Å². The van der Waals surface area contributed by atoms with E-state index in [1.54, 1.807) is 0 Å². The van der Waals surface area contributed by atoms with E-state index in [0.29, 0.717) is 0 Å². The summed E-state index contributed by atoms with van der Waals surface area (Å²) in [6.07, 6.45) is 1.11. The van der Waals surface area contributed by atoms with Gasteiger partial charge in [-0.05, 0) is 49.9 Å². The Balaban J connectivity index is 2.66. The molecule has 1 nitrogen and oxygen atoms in total. The highest BCUT2D eigenvalue weighted by Gasteiger charge is 2.12. The lowest BCUT2D eigenvalue weighted by Crippen LogP contribution is -2.11. The van der Waals surface area contributed by atoms with Crippen LogP contribution in [0.5, 0.6) is 0 Å². The molecule has 0 amide bonds. The first-order chi connectivity index (χ1) is 6.18. The van der Waals surface area contributed by atoms with E-state index < -0.39 is 0 Å². The Bertz CT molecular complexity index is 375. The maximum absolute atomic E-state index is 4.47. The summed E-state index contributed by atoms with van der Waals surface area (Å²) in [6, 6.07) is 4.51. The molecule has 0 radical (unpaired) electrons. The van der Waals surface area contributed by atoms with Gasteiger partial charge in [-0.15, -0.1) is 0 Å². The van der Waals surface area contributed by atoms with Crippen molar-refractivity contribution in [2.24, 2.45) is 4.99 Å². The standard InChI is InChI=1S/C12H15N/c1-8-6-9(2)11-4-5-13-10(3)12(11)7-8/h6-7H,4-5H2,1-3H3. The second kappa shape index (κ2) is 2.99. The van der Waals surface area contributed by atoms with Crippen LogP contribution in [0.2, 0.25) is 0 Å². The first-order valence-electron chi connectivity index (χ1n) is 4.80. The quantitative estimate of drug-likeness (QED) is 0.572. The summed E-state index contributed by atoms with van der Waals surface area (Å²) in [5.74, 6) is 0. The highest BCUT2D eigenvalue weighted by molar-refractivity contribution is 6.01. The van der Waals surface area contributed by atoms with Crippen LogP contribution in [0.3, 0.4) is 0 Å². The molecule has 1 aliphatic rings.